The van der Waals surface area contributed by atoms with Crippen molar-refractivity contribution < 1.29 is 28.6 Å². The van der Waals surface area contributed by atoms with Gasteiger partial charge in [-0.1, -0.05) is 24.3 Å². The summed E-state index contributed by atoms with van der Waals surface area (Å²) in [6.07, 6.45) is 1.06. The molecule has 0 fully saturated rings. The van der Waals surface area contributed by atoms with Gasteiger partial charge in [-0.05, 0) is 41.8 Å². The van der Waals surface area contributed by atoms with E-state index >= 15 is 0 Å². The van der Waals surface area contributed by atoms with Crippen molar-refractivity contribution in [1.29, 1.82) is 0 Å². The fourth-order valence-electron chi connectivity index (χ4n) is 2.89. The molecule has 1 unspecified atom stereocenters. The minimum absolute atomic E-state index is 0.0441. The van der Waals surface area contributed by atoms with Gasteiger partial charge in [0, 0.05) is 26.9 Å². The van der Waals surface area contributed by atoms with Gasteiger partial charge in [-0.15, -0.1) is 0 Å². The number of benzene rings is 2. The van der Waals surface area contributed by atoms with E-state index in [4.69, 9.17) is 14.2 Å². The first-order valence-electron chi connectivity index (χ1n) is 9.87. The maximum atomic E-state index is 12.5. The van der Waals surface area contributed by atoms with Gasteiger partial charge in [0.05, 0.1) is 7.11 Å². The summed E-state index contributed by atoms with van der Waals surface area (Å²) in [4.78, 5) is 36.0. The Kier molecular flexibility index (Phi) is 9.51. The highest BCUT2D eigenvalue weighted by Gasteiger charge is 2.21. The van der Waals surface area contributed by atoms with Gasteiger partial charge >= 0.3 is 5.97 Å². The molecule has 0 aliphatic carbocycles. The van der Waals surface area contributed by atoms with Crippen molar-refractivity contribution in [2.75, 3.05) is 21.0 Å². The number of hydrogen-bond acceptors (Lipinski definition) is 6. The zero-order valence-electron chi connectivity index (χ0n) is 18.0. The van der Waals surface area contributed by atoms with Crippen LogP contribution < -0.4 is 20.1 Å². The normalized spacial score (nSPS) is 11.3. The maximum absolute atomic E-state index is 12.5. The average molecular weight is 428 g/mol. The van der Waals surface area contributed by atoms with Gasteiger partial charge < -0.3 is 24.8 Å². The van der Waals surface area contributed by atoms with E-state index in [2.05, 4.69) is 10.6 Å². The lowest BCUT2D eigenvalue weighted by Gasteiger charge is -2.19. The third-order valence-electron chi connectivity index (χ3n) is 4.47. The first-order valence-corrected chi connectivity index (χ1v) is 9.87. The van der Waals surface area contributed by atoms with Crippen molar-refractivity contribution in [3.63, 3.8) is 0 Å². The number of rotatable bonds is 11. The van der Waals surface area contributed by atoms with Crippen molar-refractivity contribution in [2.24, 2.45) is 0 Å². The lowest BCUT2D eigenvalue weighted by atomic mass is 10.0. The SMILES string of the molecule is COCNC(=O)C(Cc1ccc(OC(C)=O)cc1)NC(=O)CCc1ccc(OC)cc1. The molecule has 8 heteroatoms. The van der Waals surface area contributed by atoms with Gasteiger partial charge in [-0.2, -0.15) is 0 Å². The maximum Gasteiger partial charge on any atom is 0.308 e. The van der Waals surface area contributed by atoms with Crippen molar-refractivity contribution in [3.8, 4) is 11.5 Å². The highest BCUT2D eigenvalue weighted by molar-refractivity contribution is 5.87. The molecule has 2 amide bonds. The van der Waals surface area contributed by atoms with Gasteiger partial charge in [0.15, 0.2) is 0 Å². The second-order valence-corrected chi connectivity index (χ2v) is 6.88. The lowest BCUT2D eigenvalue weighted by Crippen LogP contribution is -2.48. The van der Waals surface area contributed by atoms with Crippen LogP contribution in [0.1, 0.15) is 24.5 Å². The van der Waals surface area contributed by atoms with E-state index in [1.165, 1.54) is 14.0 Å². The molecule has 2 N–H and O–H groups in total. The van der Waals surface area contributed by atoms with Crippen LogP contribution in [0.25, 0.3) is 0 Å². The number of amides is 2. The van der Waals surface area contributed by atoms with E-state index in [0.29, 0.717) is 12.2 Å². The molecular weight excluding hydrogens is 400 g/mol. The standard InChI is InChI=1S/C23H28N2O6/c1-16(26)31-20-11-6-18(7-12-20)14-21(23(28)24-15-29-2)25-22(27)13-8-17-4-9-19(30-3)10-5-17/h4-7,9-12,21H,8,13-15H2,1-3H3,(H,24,28)(H,25,27). The summed E-state index contributed by atoms with van der Waals surface area (Å²) in [5.41, 5.74) is 1.81. The Bertz CT molecular complexity index is 865. The van der Waals surface area contributed by atoms with Gasteiger partial charge in [0.25, 0.3) is 0 Å². The van der Waals surface area contributed by atoms with Crippen molar-refractivity contribution >= 4 is 17.8 Å². The predicted molar refractivity (Wildman–Crippen MR) is 115 cm³/mol. The molecular formula is C23H28N2O6. The number of methoxy groups -OCH3 is 2. The number of hydrogen-bond donors (Lipinski definition) is 2. The summed E-state index contributed by atoms with van der Waals surface area (Å²) in [7, 11) is 3.07. The van der Waals surface area contributed by atoms with Crippen LogP contribution in [-0.4, -0.2) is 44.8 Å². The number of esters is 1. The Balaban J connectivity index is 1.98. The minimum atomic E-state index is -0.766. The molecule has 2 aromatic rings. The van der Waals surface area contributed by atoms with Crippen LogP contribution >= 0.6 is 0 Å². The van der Waals surface area contributed by atoms with Gasteiger partial charge in [0.1, 0.15) is 24.3 Å². The molecule has 1 atom stereocenters. The molecule has 0 bridgehead atoms. The number of carbonyl (C=O) groups is 3. The molecule has 0 heterocycles. The van der Waals surface area contributed by atoms with E-state index in [1.807, 2.05) is 24.3 Å². The van der Waals surface area contributed by atoms with Crippen LogP contribution in [0.3, 0.4) is 0 Å². The average Bonchev–Trinajstić information content (AvgIpc) is 2.76. The van der Waals surface area contributed by atoms with Crippen LogP contribution in [0.5, 0.6) is 11.5 Å². The first-order chi connectivity index (χ1) is 14.9. The summed E-state index contributed by atoms with van der Waals surface area (Å²) in [5, 5.41) is 5.42. The second-order valence-electron chi connectivity index (χ2n) is 6.88. The molecule has 2 rings (SSSR count). The molecule has 2 aromatic carbocycles. The quantitative estimate of drug-likeness (QED) is 0.322. The topological polar surface area (TPSA) is 103 Å². The highest BCUT2D eigenvalue weighted by atomic mass is 16.5. The third kappa shape index (κ3) is 8.47. The Morgan fingerprint density at radius 1 is 0.903 bits per heavy atom. The zero-order valence-corrected chi connectivity index (χ0v) is 18.0. The van der Waals surface area contributed by atoms with Crippen LogP contribution in [0.15, 0.2) is 48.5 Å². The molecule has 0 spiro atoms. The summed E-state index contributed by atoms with van der Waals surface area (Å²) < 4.78 is 15.0. The number of aryl methyl sites for hydroxylation is 1. The van der Waals surface area contributed by atoms with Crippen LogP contribution in [0.4, 0.5) is 0 Å². The van der Waals surface area contributed by atoms with E-state index in [0.717, 1.165) is 16.9 Å². The molecule has 0 aliphatic heterocycles. The molecule has 166 valence electrons. The lowest BCUT2D eigenvalue weighted by molar-refractivity contribution is -0.132. The smallest absolute Gasteiger partial charge is 0.308 e. The van der Waals surface area contributed by atoms with Gasteiger partial charge in [-0.3, -0.25) is 14.4 Å². The largest absolute Gasteiger partial charge is 0.497 e. The minimum Gasteiger partial charge on any atom is -0.497 e. The van der Waals surface area contributed by atoms with Crippen molar-refractivity contribution in [3.05, 3.63) is 59.7 Å². The fourth-order valence-corrected chi connectivity index (χ4v) is 2.89. The summed E-state index contributed by atoms with van der Waals surface area (Å²) >= 11 is 0. The monoisotopic (exact) mass is 428 g/mol. The fraction of sp³-hybridized carbons (Fsp3) is 0.348. The summed E-state index contributed by atoms with van der Waals surface area (Å²) in [5.74, 6) is 0.185. The molecule has 31 heavy (non-hydrogen) atoms. The van der Waals surface area contributed by atoms with Gasteiger partial charge in [0.2, 0.25) is 11.8 Å². The molecule has 8 nitrogen and oxygen atoms in total. The van der Waals surface area contributed by atoms with E-state index in [1.54, 1.807) is 31.4 Å². The van der Waals surface area contributed by atoms with Gasteiger partial charge in [-0.25, -0.2) is 0 Å². The molecule has 0 aromatic heterocycles. The molecule has 0 saturated carbocycles. The number of nitrogens with one attached hydrogen (secondary N) is 2. The van der Waals surface area contributed by atoms with Crippen LogP contribution in [0, 0.1) is 0 Å². The second kappa shape index (κ2) is 12.3. The molecule has 0 radical (unpaired) electrons. The third-order valence-corrected chi connectivity index (χ3v) is 4.47. The summed E-state index contributed by atoms with van der Waals surface area (Å²) in [6.45, 7) is 1.37. The Morgan fingerprint density at radius 3 is 2.10 bits per heavy atom. The van der Waals surface area contributed by atoms with E-state index in [-0.39, 0.29) is 31.4 Å². The summed E-state index contributed by atoms with van der Waals surface area (Å²) in [6, 6.07) is 13.5. The Hall–Kier alpha value is -3.39. The Labute approximate surface area is 181 Å². The molecule has 0 saturated heterocycles. The zero-order chi connectivity index (χ0) is 22.6. The number of ether oxygens (including phenoxy) is 3. The van der Waals surface area contributed by atoms with Crippen molar-refractivity contribution in [2.45, 2.75) is 32.2 Å². The van der Waals surface area contributed by atoms with Crippen molar-refractivity contribution in [1.82, 2.24) is 10.6 Å². The highest BCUT2D eigenvalue weighted by Crippen LogP contribution is 2.15. The predicted octanol–water partition coefficient (Wildman–Crippen LogP) is 2.00. The number of carbonyl (C=O) groups excluding carboxylic acids is 3. The first kappa shape index (κ1) is 23.9. The van der Waals surface area contributed by atoms with E-state index in [9.17, 15) is 14.4 Å². The van der Waals surface area contributed by atoms with Crippen LogP contribution in [-0.2, 0) is 32.0 Å². The molecule has 0 aliphatic rings. The Morgan fingerprint density at radius 2 is 1.52 bits per heavy atom. The van der Waals surface area contributed by atoms with E-state index < -0.39 is 12.0 Å². The van der Waals surface area contributed by atoms with Crippen LogP contribution in [0.2, 0.25) is 0 Å².